The van der Waals surface area contributed by atoms with Gasteiger partial charge in [0.25, 0.3) is 11.8 Å². The number of nitrogens with one attached hydrogen (secondary N) is 1. The van der Waals surface area contributed by atoms with Crippen molar-refractivity contribution < 1.29 is 23.9 Å². The largest absolute Gasteiger partial charge is 0.459 e. The van der Waals surface area contributed by atoms with Crippen LogP contribution in [-0.4, -0.2) is 61.9 Å². The fraction of sp³-hybridized carbons (Fsp3) is 0.227. The SMILES string of the molecule is CC(C)OC(=O)c1cccc(-c2nnn(CC(=O)Nc3ccc4c(c3)C(=O)N(C)C4=O)n2)c1. The van der Waals surface area contributed by atoms with E-state index >= 15 is 0 Å². The molecule has 0 atom stereocenters. The van der Waals surface area contributed by atoms with Crippen molar-refractivity contribution in [3.8, 4) is 11.4 Å². The van der Waals surface area contributed by atoms with Crippen molar-refractivity contribution in [3.63, 3.8) is 0 Å². The van der Waals surface area contributed by atoms with Crippen LogP contribution in [-0.2, 0) is 16.1 Å². The van der Waals surface area contributed by atoms with Gasteiger partial charge in [-0.1, -0.05) is 12.1 Å². The number of rotatable bonds is 6. The normalized spacial score (nSPS) is 12.8. The van der Waals surface area contributed by atoms with E-state index < -0.39 is 17.8 Å². The molecule has 2 aromatic carbocycles. The van der Waals surface area contributed by atoms with Crippen LogP contribution in [0.15, 0.2) is 42.5 Å². The Bertz CT molecular complexity index is 1280. The minimum absolute atomic E-state index is 0.230. The summed E-state index contributed by atoms with van der Waals surface area (Å²) in [5, 5.41) is 14.7. The summed E-state index contributed by atoms with van der Waals surface area (Å²) in [4.78, 5) is 50.8. The highest BCUT2D eigenvalue weighted by molar-refractivity contribution is 6.21. The lowest BCUT2D eigenvalue weighted by molar-refractivity contribution is -0.117. The highest BCUT2D eigenvalue weighted by Gasteiger charge is 2.32. The molecule has 3 amide bonds. The molecule has 11 heteroatoms. The van der Waals surface area contributed by atoms with E-state index in [0.29, 0.717) is 22.4 Å². The summed E-state index contributed by atoms with van der Waals surface area (Å²) in [5.74, 6) is -1.47. The summed E-state index contributed by atoms with van der Waals surface area (Å²) < 4.78 is 5.19. The van der Waals surface area contributed by atoms with Crippen molar-refractivity contribution in [1.29, 1.82) is 0 Å². The number of hydrogen-bond donors (Lipinski definition) is 1. The lowest BCUT2D eigenvalue weighted by atomic mass is 10.1. The molecule has 1 aliphatic heterocycles. The quantitative estimate of drug-likeness (QED) is 0.445. The van der Waals surface area contributed by atoms with Gasteiger partial charge in [-0.3, -0.25) is 19.3 Å². The second kappa shape index (κ2) is 8.61. The van der Waals surface area contributed by atoms with Crippen LogP contribution in [0.5, 0.6) is 0 Å². The zero-order valence-corrected chi connectivity index (χ0v) is 18.1. The van der Waals surface area contributed by atoms with Crippen LogP contribution in [0.2, 0.25) is 0 Å². The molecule has 1 N–H and O–H groups in total. The molecule has 3 aromatic rings. The number of carbonyl (C=O) groups is 4. The summed E-state index contributed by atoms with van der Waals surface area (Å²) >= 11 is 0. The van der Waals surface area contributed by atoms with E-state index in [0.717, 1.165) is 9.70 Å². The average Bonchev–Trinajstić information content (AvgIpc) is 3.32. The predicted molar refractivity (Wildman–Crippen MR) is 115 cm³/mol. The molecule has 1 aromatic heterocycles. The van der Waals surface area contributed by atoms with E-state index in [4.69, 9.17) is 4.74 Å². The Morgan fingerprint density at radius 1 is 1.06 bits per heavy atom. The first-order chi connectivity index (χ1) is 15.7. The van der Waals surface area contributed by atoms with Gasteiger partial charge in [0, 0.05) is 18.3 Å². The van der Waals surface area contributed by atoms with Gasteiger partial charge in [0.1, 0.15) is 6.54 Å². The zero-order chi connectivity index (χ0) is 23.7. The van der Waals surface area contributed by atoms with Crippen LogP contribution in [0.3, 0.4) is 0 Å². The summed E-state index contributed by atoms with van der Waals surface area (Å²) in [6.45, 7) is 3.29. The number of anilines is 1. The molecule has 0 radical (unpaired) electrons. The Labute approximate surface area is 188 Å². The standard InChI is InChI=1S/C22H20N6O5/c1-12(2)33-22(32)14-6-4-5-13(9-14)19-24-26-28(25-19)11-18(29)23-15-7-8-16-17(10-15)21(31)27(3)20(16)30/h4-10,12H,11H2,1-3H3,(H,23,29). The van der Waals surface area contributed by atoms with E-state index in [1.807, 2.05) is 0 Å². The third-order valence-electron chi connectivity index (χ3n) is 4.81. The van der Waals surface area contributed by atoms with Crippen molar-refractivity contribution in [2.75, 3.05) is 12.4 Å². The first-order valence-corrected chi connectivity index (χ1v) is 10.1. The molecule has 0 aliphatic carbocycles. The van der Waals surface area contributed by atoms with Gasteiger partial charge in [-0.05, 0) is 49.4 Å². The highest BCUT2D eigenvalue weighted by Crippen LogP contribution is 2.24. The Morgan fingerprint density at radius 2 is 1.82 bits per heavy atom. The van der Waals surface area contributed by atoms with Crippen LogP contribution >= 0.6 is 0 Å². The molecular formula is C22H20N6O5. The minimum Gasteiger partial charge on any atom is -0.459 e. The molecular weight excluding hydrogens is 428 g/mol. The maximum Gasteiger partial charge on any atom is 0.338 e. The average molecular weight is 448 g/mol. The molecule has 1 aliphatic rings. The number of esters is 1. The number of imide groups is 1. The maximum absolute atomic E-state index is 12.4. The van der Waals surface area contributed by atoms with Gasteiger partial charge in [-0.15, -0.1) is 10.2 Å². The Kier molecular flexibility index (Phi) is 5.69. The van der Waals surface area contributed by atoms with Gasteiger partial charge in [0.05, 0.1) is 22.8 Å². The lowest BCUT2D eigenvalue weighted by Crippen LogP contribution is -2.24. The maximum atomic E-state index is 12.4. The number of hydrogen-bond acceptors (Lipinski definition) is 8. The summed E-state index contributed by atoms with van der Waals surface area (Å²) in [6.07, 6.45) is -0.246. The van der Waals surface area contributed by atoms with Crippen molar-refractivity contribution in [3.05, 3.63) is 59.2 Å². The van der Waals surface area contributed by atoms with Gasteiger partial charge in [0.15, 0.2) is 0 Å². The minimum atomic E-state index is -0.459. The van der Waals surface area contributed by atoms with E-state index in [1.54, 1.807) is 44.2 Å². The molecule has 0 unspecified atom stereocenters. The van der Waals surface area contributed by atoms with E-state index in [2.05, 4.69) is 20.7 Å². The van der Waals surface area contributed by atoms with Crippen LogP contribution in [0.25, 0.3) is 11.4 Å². The number of ether oxygens (including phenoxy) is 1. The summed E-state index contributed by atoms with van der Waals surface area (Å²) in [7, 11) is 1.40. The Balaban J connectivity index is 1.44. The van der Waals surface area contributed by atoms with Crippen molar-refractivity contribution >= 4 is 29.4 Å². The smallest absolute Gasteiger partial charge is 0.338 e. The Morgan fingerprint density at radius 3 is 2.58 bits per heavy atom. The van der Waals surface area contributed by atoms with Crippen LogP contribution in [0.4, 0.5) is 5.69 Å². The van der Waals surface area contributed by atoms with Gasteiger partial charge in [-0.2, -0.15) is 4.80 Å². The number of benzene rings is 2. The fourth-order valence-electron chi connectivity index (χ4n) is 3.26. The number of fused-ring (bicyclic) bond motifs is 1. The molecule has 4 rings (SSSR count). The molecule has 0 saturated heterocycles. The van der Waals surface area contributed by atoms with Gasteiger partial charge >= 0.3 is 5.97 Å². The first kappa shape index (κ1) is 21.8. The molecule has 11 nitrogen and oxygen atoms in total. The van der Waals surface area contributed by atoms with E-state index in [1.165, 1.54) is 19.2 Å². The Hall–Kier alpha value is -4.41. The number of amides is 3. The van der Waals surface area contributed by atoms with Crippen molar-refractivity contribution in [1.82, 2.24) is 25.1 Å². The van der Waals surface area contributed by atoms with E-state index in [-0.39, 0.29) is 29.9 Å². The second-order valence-electron chi connectivity index (χ2n) is 7.66. The van der Waals surface area contributed by atoms with Gasteiger partial charge < -0.3 is 10.1 Å². The molecule has 0 bridgehead atoms. The molecule has 33 heavy (non-hydrogen) atoms. The van der Waals surface area contributed by atoms with Crippen LogP contribution < -0.4 is 5.32 Å². The predicted octanol–water partition coefficient (Wildman–Crippen LogP) is 1.77. The fourth-order valence-corrected chi connectivity index (χ4v) is 3.26. The third-order valence-corrected chi connectivity index (χ3v) is 4.81. The summed E-state index contributed by atoms with van der Waals surface area (Å²) in [5.41, 5.74) is 1.79. The topological polar surface area (TPSA) is 136 Å². The molecule has 2 heterocycles. The number of nitrogens with zero attached hydrogens (tertiary/aromatic N) is 5. The lowest BCUT2D eigenvalue weighted by Gasteiger charge is -2.08. The molecule has 0 fully saturated rings. The van der Waals surface area contributed by atoms with Crippen LogP contribution in [0, 0.1) is 0 Å². The van der Waals surface area contributed by atoms with Crippen molar-refractivity contribution in [2.45, 2.75) is 26.5 Å². The second-order valence-corrected chi connectivity index (χ2v) is 7.66. The summed E-state index contributed by atoms with van der Waals surface area (Å²) in [6, 6.07) is 11.1. The van der Waals surface area contributed by atoms with Crippen molar-refractivity contribution in [2.24, 2.45) is 0 Å². The van der Waals surface area contributed by atoms with E-state index in [9.17, 15) is 19.2 Å². The monoisotopic (exact) mass is 448 g/mol. The highest BCUT2D eigenvalue weighted by atomic mass is 16.5. The van der Waals surface area contributed by atoms with Gasteiger partial charge in [0.2, 0.25) is 11.7 Å². The number of carbonyl (C=O) groups excluding carboxylic acids is 4. The zero-order valence-electron chi connectivity index (χ0n) is 18.1. The number of tetrazole rings is 1. The molecule has 0 saturated carbocycles. The third kappa shape index (κ3) is 4.47. The molecule has 0 spiro atoms. The molecule has 168 valence electrons. The van der Waals surface area contributed by atoms with Gasteiger partial charge in [-0.25, -0.2) is 4.79 Å². The number of aromatic nitrogens is 4. The van der Waals surface area contributed by atoms with Crippen LogP contribution in [0.1, 0.15) is 44.9 Å². The first-order valence-electron chi connectivity index (χ1n) is 10.1.